The quantitative estimate of drug-likeness (QED) is 0.177. The number of carbonyl (C=O) groups is 1. The topological polar surface area (TPSA) is 94.2 Å². The van der Waals surface area contributed by atoms with E-state index in [2.05, 4.69) is 10.1 Å². The number of oxime groups is 1. The number of carboxylic acid groups (broad SMARTS) is 1. The zero-order chi connectivity index (χ0) is 26.9. The van der Waals surface area contributed by atoms with Crippen molar-refractivity contribution in [2.75, 3.05) is 6.61 Å². The number of aryl methyl sites for hydroxylation is 1. The molecule has 4 aromatic rings. The summed E-state index contributed by atoms with van der Waals surface area (Å²) in [5.41, 5.74) is 3.62. The molecule has 0 spiro atoms. The minimum absolute atomic E-state index is 0.116. The Kier molecular flexibility index (Phi) is 8.87. The number of ether oxygens (including phenoxy) is 1. The van der Waals surface area contributed by atoms with Crippen molar-refractivity contribution in [2.24, 2.45) is 11.1 Å². The molecular weight excluding hydrogens is 487 g/mol. The number of nitrogens with zero attached hydrogens (tertiary/aromatic N) is 2. The smallest absolute Gasteiger partial charge is 0.312 e. The first-order valence-electron chi connectivity index (χ1n) is 12.3. The van der Waals surface area contributed by atoms with E-state index in [1.165, 1.54) is 12.1 Å². The number of oxazole rings is 1. The molecule has 0 bridgehead atoms. The average molecular weight is 517 g/mol. The molecule has 8 heteroatoms. The molecule has 0 aliphatic carbocycles. The molecule has 38 heavy (non-hydrogen) atoms. The highest BCUT2D eigenvalue weighted by Gasteiger charge is 2.22. The van der Waals surface area contributed by atoms with Gasteiger partial charge in [0.1, 0.15) is 29.9 Å². The van der Waals surface area contributed by atoms with Crippen LogP contribution in [0.5, 0.6) is 5.75 Å². The molecule has 7 nitrogen and oxygen atoms in total. The van der Waals surface area contributed by atoms with E-state index >= 15 is 0 Å². The van der Waals surface area contributed by atoms with Gasteiger partial charge >= 0.3 is 5.97 Å². The van der Waals surface area contributed by atoms with E-state index in [9.17, 15) is 14.3 Å². The number of hydrogen-bond acceptors (Lipinski definition) is 6. The highest BCUT2D eigenvalue weighted by molar-refractivity contribution is 6.00. The SMILES string of the molecule is C/C(=N\OCc1ccc(F)cc1)C(Cc1cccc(OCCc2nc(-c3ccccc3)oc2C)c1)C(=O)O. The Labute approximate surface area is 220 Å². The lowest BCUT2D eigenvalue weighted by atomic mass is 9.95. The van der Waals surface area contributed by atoms with Gasteiger partial charge in [-0.15, -0.1) is 0 Å². The van der Waals surface area contributed by atoms with Crippen LogP contribution in [-0.2, 0) is 29.1 Å². The van der Waals surface area contributed by atoms with Gasteiger partial charge in [-0.25, -0.2) is 9.37 Å². The molecule has 0 radical (unpaired) electrons. The van der Waals surface area contributed by atoms with E-state index in [1.54, 1.807) is 19.1 Å². The first-order chi connectivity index (χ1) is 18.4. The van der Waals surface area contributed by atoms with Crippen molar-refractivity contribution in [1.82, 2.24) is 4.98 Å². The molecular formula is C30H29FN2O5. The van der Waals surface area contributed by atoms with Crippen LogP contribution in [0.1, 0.15) is 29.5 Å². The van der Waals surface area contributed by atoms with Gasteiger partial charge < -0.3 is 19.1 Å². The van der Waals surface area contributed by atoms with E-state index in [-0.39, 0.29) is 18.8 Å². The summed E-state index contributed by atoms with van der Waals surface area (Å²) >= 11 is 0. The third-order valence-corrected chi connectivity index (χ3v) is 6.01. The van der Waals surface area contributed by atoms with E-state index in [1.807, 2.05) is 61.5 Å². The van der Waals surface area contributed by atoms with Crippen LogP contribution in [0.25, 0.3) is 11.5 Å². The fourth-order valence-electron chi connectivity index (χ4n) is 3.89. The van der Waals surface area contributed by atoms with Gasteiger partial charge in [-0.2, -0.15) is 0 Å². The molecule has 0 saturated heterocycles. The number of hydrogen-bond donors (Lipinski definition) is 1. The van der Waals surface area contributed by atoms with Gasteiger partial charge in [0.2, 0.25) is 5.89 Å². The van der Waals surface area contributed by atoms with Gasteiger partial charge in [0, 0.05) is 12.0 Å². The fourth-order valence-corrected chi connectivity index (χ4v) is 3.89. The number of aliphatic carboxylic acids is 1. The molecule has 1 atom stereocenters. The maximum atomic E-state index is 13.0. The first-order valence-corrected chi connectivity index (χ1v) is 12.3. The molecule has 1 heterocycles. The number of benzene rings is 3. The Hall–Kier alpha value is -4.46. The standard InChI is InChI=1S/C30H29FN2O5/c1-20(33-37-19-22-11-13-25(31)14-12-22)27(30(34)35)18-23-7-6-10-26(17-23)36-16-15-28-21(2)38-29(32-28)24-8-4-3-5-9-24/h3-14,17,27H,15-16,18-19H2,1-2H3,(H,34,35)/b33-20+. The monoisotopic (exact) mass is 516 g/mol. The predicted molar refractivity (Wildman–Crippen MR) is 141 cm³/mol. The maximum Gasteiger partial charge on any atom is 0.312 e. The summed E-state index contributed by atoms with van der Waals surface area (Å²) in [5, 5.41) is 13.8. The van der Waals surface area contributed by atoms with Crippen LogP contribution in [-0.4, -0.2) is 28.4 Å². The maximum absolute atomic E-state index is 13.0. The summed E-state index contributed by atoms with van der Waals surface area (Å²) in [5.74, 6) is -0.235. The molecule has 0 aliphatic heterocycles. The predicted octanol–water partition coefficient (Wildman–Crippen LogP) is 6.25. The van der Waals surface area contributed by atoms with Crippen LogP contribution in [0, 0.1) is 18.7 Å². The van der Waals surface area contributed by atoms with E-state index < -0.39 is 11.9 Å². The normalized spacial score (nSPS) is 12.2. The van der Waals surface area contributed by atoms with Crippen molar-refractivity contribution in [2.45, 2.75) is 33.3 Å². The molecule has 0 saturated carbocycles. The van der Waals surface area contributed by atoms with Crippen LogP contribution >= 0.6 is 0 Å². The van der Waals surface area contributed by atoms with Crippen molar-refractivity contribution < 1.29 is 28.3 Å². The lowest BCUT2D eigenvalue weighted by Crippen LogP contribution is -2.24. The summed E-state index contributed by atoms with van der Waals surface area (Å²) in [6, 6.07) is 22.9. The Morgan fingerprint density at radius 2 is 1.82 bits per heavy atom. The van der Waals surface area contributed by atoms with Crippen LogP contribution < -0.4 is 4.74 Å². The summed E-state index contributed by atoms with van der Waals surface area (Å²) in [6.07, 6.45) is 0.798. The van der Waals surface area contributed by atoms with Gasteiger partial charge in [0.15, 0.2) is 0 Å². The van der Waals surface area contributed by atoms with Crippen LogP contribution in [0.15, 0.2) is 88.4 Å². The van der Waals surface area contributed by atoms with E-state index in [0.717, 1.165) is 28.1 Å². The second-order valence-corrected chi connectivity index (χ2v) is 8.86. The largest absolute Gasteiger partial charge is 0.493 e. The second kappa shape index (κ2) is 12.7. The number of aromatic nitrogens is 1. The molecule has 0 aliphatic rings. The van der Waals surface area contributed by atoms with Gasteiger partial charge in [0.25, 0.3) is 0 Å². The lowest BCUT2D eigenvalue weighted by molar-refractivity contribution is -0.139. The number of halogens is 1. The second-order valence-electron chi connectivity index (χ2n) is 8.86. The third kappa shape index (κ3) is 7.29. The van der Waals surface area contributed by atoms with Gasteiger partial charge in [-0.05, 0) is 67.8 Å². The van der Waals surface area contributed by atoms with Crippen LogP contribution in [0.2, 0.25) is 0 Å². The lowest BCUT2D eigenvalue weighted by Gasteiger charge is -2.13. The summed E-state index contributed by atoms with van der Waals surface area (Å²) in [4.78, 5) is 21.9. The Balaban J connectivity index is 1.33. The van der Waals surface area contributed by atoms with Crippen molar-refractivity contribution in [3.8, 4) is 17.2 Å². The van der Waals surface area contributed by atoms with Gasteiger partial charge in [-0.3, -0.25) is 4.79 Å². The summed E-state index contributed by atoms with van der Waals surface area (Å²) < 4.78 is 24.8. The molecule has 196 valence electrons. The van der Waals surface area contributed by atoms with Crippen LogP contribution in [0.4, 0.5) is 4.39 Å². The van der Waals surface area contributed by atoms with E-state index in [4.69, 9.17) is 14.0 Å². The summed E-state index contributed by atoms with van der Waals surface area (Å²) in [6.45, 7) is 4.01. The molecule has 1 aromatic heterocycles. The summed E-state index contributed by atoms with van der Waals surface area (Å²) in [7, 11) is 0. The molecule has 1 unspecified atom stereocenters. The minimum Gasteiger partial charge on any atom is -0.493 e. The van der Waals surface area contributed by atoms with Crippen molar-refractivity contribution in [3.63, 3.8) is 0 Å². The third-order valence-electron chi connectivity index (χ3n) is 6.01. The highest BCUT2D eigenvalue weighted by atomic mass is 19.1. The van der Waals surface area contributed by atoms with E-state index in [0.29, 0.717) is 30.4 Å². The Morgan fingerprint density at radius 3 is 2.55 bits per heavy atom. The fraction of sp³-hybridized carbons (Fsp3) is 0.233. The molecule has 4 rings (SSSR count). The minimum atomic E-state index is -1.00. The van der Waals surface area contributed by atoms with Crippen molar-refractivity contribution in [1.29, 1.82) is 0 Å². The molecule has 0 amide bonds. The van der Waals surface area contributed by atoms with Gasteiger partial charge in [-0.1, -0.05) is 47.6 Å². The molecule has 3 aromatic carbocycles. The molecule has 0 fully saturated rings. The van der Waals surface area contributed by atoms with Gasteiger partial charge in [0.05, 0.1) is 18.0 Å². The Morgan fingerprint density at radius 1 is 1.05 bits per heavy atom. The number of rotatable bonds is 12. The number of carboxylic acids is 1. The van der Waals surface area contributed by atoms with Crippen LogP contribution in [0.3, 0.4) is 0 Å². The Bertz CT molecular complexity index is 1380. The van der Waals surface area contributed by atoms with Crippen molar-refractivity contribution in [3.05, 3.63) is 107 Å². The zero-order valence-corrected chi connectivity index (χ0v) is 21.3. The highest BCUT2D eigenvalue weighted by Crippen LogP contribution is 2.22. The zero-order valence-electron chi connectivity index (χ0n) is 21.3. The molecule has 1 N–H and O–H groups in total. The first kappa shape index (κ1) is 26.6. The van der Waals surface area contributed by atoms with Crippen molar-refractivity contribution >= 4 is 11.7 Å². The average Bonchev–Trinajstić information content (AvgIpc) is 3.29.